The summed E-state index contributed by atoms with van der Waals surface area (Å²) in [5, 5.41) is 4.01. The summed E-state index contributed by atoms with van der Waals surface area (Å²) >= 11 is 0. The molecule has 1 fully saturated rings. The number of hydrogen-bond donors (Lipinski definition) is 2. The van der Waals surface area contributed by atoms with Crippen molar-refractivity contribution in [1.82, 2.24) is 5.43 Å². The van der Waals surface area contributed by atoms with Crippen LogP contribution < -0.4 is 11.2 Å². The molecule has 2 amide bonds. The summed E-state index contributed by atoms with van der Waals surface area (Å²) in [5.74, 6) is 0.666. The highest BCUT2D eigenvalue weighted by Gasteiger charge is 2.37. The summed E-state index contributed by atoms with van der Waals surface area (Å²) in [6, 6.07) is -0.599. The summed E-state index contributed by atoms with van der Waals surface area (Å²) in [5.41, 5.74) is 8.56. The van der Waals surface area contributed by atoms with Gasteiger partial charge in [0.2, 0.25) is 0 Å². The molecule has 0 radical (unpaired) electrons. The lowest BCUT2D eigenvalue weighted by atomic mass is 9.63. The summed E-state index contributed by atoms with van der Waals surface area (Å²) in [4.78, 5) is 10.6. The van der Waals surface area contributed by atoms with Crippen molar-refractivity contribution < 1.29 is 4.79 Å². The van der Waals surface area contributed by atoms with E-state index in [0.717, 1.165) is 12.1 Å². The van der Waals surface area contributed by atoms with Gasteiger partial charge in [0.05, 0.1) is 5.71 Å². The van der Waals surface area contributed by atoms with Crippen LogP contribution >= 0.6 is 0 Å². The van der Waals surface area contributed by atoms with Crippen LogP contribution in [0.5, 0.6) is 0 Å². The van der Waals surface area contributed by atoms with Gasteiger partial charge in [-0.05, 0) is 36.7 Å². The zero-order valence-corrected chi connectivity index (χ0v) is 9.70. The predicted octanol–water partition coefficient (Wildman–Crippen LogP) is 2.17. The molecule has 0 saturated heterocycles. The van der Waals surface area contributed by atoms with E-state index in [4.69, 9.17) is 5.73 Å². The number of nitrogens with two attached hydrogens (primary N) is 1. The van der Waals surface area contributed by atoms with Gasteiger partial charge in [0.25, 0.3) is 0 Å². The van der Waals surface area contributed by atoms with E-state index >= 15 is 0 Å². The first kappa shape index (κ1) is 11.2. The van der Waals surface area contributed by atoms with Crippen molar-refractivity contribution in [2.45, 2.75) is 39.0 Å². The number of nitrogens with one attached hydrogen (secondary N) is 1. The standard InChI is InChI=1S/C12H19N3O/c1-12-6-3-2-4-9(12)8-10(5-7-12)14-15-11(13)16/h5,7,9H,2-4,6,8H2,1H3,(H3,13,15,16)/b14-10-/t9-,12-/m1/s1. The fraction of sp³-hybridized carbons (Fsp3) is 0.667. The second kappa shape index (κ2) is 4.28. The van der Waals surface area contributed by atoms with Gasteiger partial charge >= 0.3 is 6.03 Å². The molecular weight excluding hydrogens is 202 g/mol. The number of hydrogen-bond acceptors (Lipinski definition) is 2. The van der Waals surface area contributed by atoms with Gasteiger partial charge in [-0.15, -0.1) is 0 Å². The molecule has 2 rings (SSSR count). The van der Waals surface area contributed by atoms with Crippen molar-refractivity contribution in [3.8, 4) is 0 Å². The van der Waals surface area contributed by atoms with E-state index in [1.165, 1.54) is 25.7 Å². The summed E-state index contributed by atoms with van der Waals surface area (Å²) in [6.07, 6.45) is 10.4. The van der Waals surface area contributed by atoms with Crippen LogP contribution in [0.3, 0.4) is 0 Å². The Morgan fingerprint density at radius 3 is 3.19 bits per heavy atom. The molecule has 2 aliphatic rings. The van der Waals surface area contributed by atoms with Crippen molar-refractivity contribution in [3.63, 3.8) is 0 Å². The molecule has 0 heterocycles. The Morgan fingerprint density at radius 1 is 1.62 bits per heavy atom. The average molecular weight is 221 g/mol. The second-order valence-electron chi connectivity index (χ2n) is 5.07. The minimum absolute atomic E-state index is 0.337. The van der Waals surface area contributed by atoms with Crippen molar-refractivity contribution in [2.75, 3.05) is 0 Å². The molecule has 2 atom stereocenters. The Hall–Kier alpha value is -1.32. The van der Waals surface area contributed by atoms with E-state index < -0.39 is 6.03 Å². The van der Waals surface area contributed by atoms with E-state index in [2.05, 4.69) is 23.5 Å². The minimum Gasteiger partial charge on any atom is -0.350 e. The number of allylic oxidation sites excluding steroid dienone is 2. The van der Waals surface area contributed by atoms with Crippen LogP contribution in [0.2, 0.25) is 0 Å². The average Bonchev–Trinajstić information content (AvgIpc) is 2.26. The lowest BCUT2D eigenvalue weighted by molar-refractivity contribution is 0.174. The van der Waals surface area contributed by atoms with Crippen LogP contribution in [0.15, 0.2) is 17.3 Å². The van der Waals surface area contributed by atoms with E-state index in [-0.39, 0.29) is 0 Å². The van der Waals surface area contributed by atoms with Gasteiger partial charge in [-0.25, -0.2) is 10.2 Å². The molecule has 0 bridgehead atoms. The Kier molecular flexibility index (Phi) is 2.99. The molecule has 4 nitrogen and oxygen atoms in total. The second-order valence-corrected chi connectivity index (χ2v) is 5.07. The largest absolute Gasteiger partial charge is 0.350 e. The highest BCUT2D eigenvalue weighted by molar-refractivity contribution is 5.96. The monoisotopic (exact) mass is 221 g/mol. The molecule has 0 aromatic carbocycles. The molecule has 0 aromatic heterocycles. The molecule has 16 heavy (non-hydrogen) atoms. The van der Waals surface area contributed by atoms with Gasteiger partial charge < -0.3 is 5.73 Å². The Morgan fingerprint density at radius 2 is 2.44 bits per heavy atom. The lowest BCUT2D eigenvalue weighted by Gasteiger charge is -2.41. The molecule has 3 N–H and O–H groups in total. The van der Waals surface area contributed by atoms with Gasteiger partial charge in [-0.3, -0.25) is 0 Å². The third kappa shape index (κ3) is 2.26. The number of hydrazone groups is 1. The quantitative estimate of drug-likeness (QED) is 0.655. The molecular formula is C12H19N3O. The zero-order chi connectivity index (χ0) is 11.6. The molecule has 4 heteroatoms. The number of carbonyl (C=O) groups is 1. The first-order valence-electron chi connectivity index (χ1n) is 5.91. The minimum atomic E-state index is -0.599. The lowest BCUT2D eigenvalue weighted by Crippen LogP contribution is -2.34. The Balaban J connectivity index is 2.09. The summed E-state index contributed by atoms with van der Waals surface area (Å²) < 4.78 is 0. The highest BCUT2D eigenvalue weighted by atomic mass is 16.2. The maximum atomic E-state index is 10.6. The number of rotatable bonds is 1. The number of amides is 2. The molecule has 0 spiro atoms. The number of nitrogens with zero attached hydrogens (tertiary/aromatic N) is 1. The maximum absolute atomic E-state index is 10.6. The van der Waals surface area contributed by atoms with E-state index in [1.807, 2.05) is 6.08 Å². The first-order chi connectivity index (χ1) is 7.60. The fourth-order valence-electron chi connectivity index (χ4n) is 2.80. The molecule has 2 aliphatic carbocycles. The number of carbonyl (C=O) groups excluding carboxylic acids is 1. The normalized spacial score (nSPS) is 35.8. The topological polar surface area (TPSA) is 67.5 Å². The van der Waals surface area contributed by atoms with E-state index in [9.17, 15) is 4.79 Å². The molecule has 0 aromatic rings. The zero-order valence-electron chi connectivity index (χ0n) is 9.70. The predicted molar refractivity (Wildman–Crippen MR) is 64.0 cm³/mol. The Labute approximate surface area is 96.0 Å². The third-order valence-electron chi connectivity index (χ3n) is 3.87. The molecule has 0 aliphatic heterocycles. The number of fused-ring (bicyclic) bond motifs is 1. The summed E-state index contributed by atoms with van der Waals surface area (Å²) in [6.45, 7) is 2.33. The molecule has 1 saturated carbocycles. The van der Waals surface area contributed by atoms with Crippen LogP contribution in [0.4, 0.5) is 4.79 Å². The van der Waals surface area contributed by atoms with Gasteiger partial charge in [0.1, 0.15) is 0 Å². The van der Waals surface area contributed by atoms with Gasteiger partial charge in [0, 0.05) is 0 Å². The van der Waals surface area contributed by atoms with Crippen LogP contribution in [-0.2, 0) is 0 Å². The fourth-order valence-corrected chi connectivity index (χ4v) is 2.80. The first-order valence-corrected chi connectivity index (χ1v) is 5.91. The van der Waals surface area contributed by atoms with Crippen molar-refractivity contribution in [2.24, 2.45) is 22.2 Å². The van der Waals surface area contributed by atoms with Crippen molar-refractivity contribution in [1.29, 1.82) is 0 Å². The van der Waals surface area contributed by atoms with Crippen molar-refractivity contribution in [3.05, 3.63) is 12.2 Å². The highest BCUT2D eigenvalue weighted by Crippen LogP contribution is 2.46. The summed E-state index contributed by atoms with van der Waals surface area (Å²) in [7, 11) is 0. The smallest absolute Gasteiger partial charge is 0.332 e. The number of primary amides is 1. The third-order valence-corrected chi connectivity index (χ3v) is 3.87. The van der Waals surface area contributed by atoms with Gasteiger partial charge in [-0.1, -0.05) is 25.8 Å². The van der Waals surface area contributed by atoms with Crippen LogP contribution in [0.1, 0.15) is 39.0 Å². The number of urea groups is 1. The van der Waals surface area contributed by atoms with Gasteiger partial charge in [-0.2, -0.15) is 5.10 Å². The van der Waals surface area contributed by atoms with Crippen LogP contribution in [0.25, 0.3) is 0 Å². The Bertz CT molecular complexity index is 348. The molecule has 88 valence electrons. The maximum Gasteiger partial charge on any atom is 0.332 e. The van der Waals surface area contributed by atoms with Crippen LogP contribution in [0, 0.1) is 11.3 Å². The molecule has 0 unspecified atom stereocenters. The van der Waals surface area contributed by atoms with Gasteiger partial charge in [0.15, 0.2) is 0 Å². The SMILES string of the molecule is C[C@@]12C=C/C(=N/NC(N)=O)C[C@H]1CCCC2. The van der Waals surface area contributed by atoms with Crippen molar-refractivity contribution >= 4 is 11.7 Å². The van der Waals surface area contributed by atoms with E-state index in [1.54, 1.807) is 0 Å². The van der Waals surface area contributed by atoms with E-state index in [0.29, 0.717) is 11.3 Å². The van der Waals surface area contributed by atoms with Crippen LogP contribution in [-0.4, -0.2) is 11.7 Å².